The third kappa shape index (κ3) is 2.47. The summed E-state index contributed by atoms with van der Waals surface area (Å²) in [6.45, 7) is 2.14. The normalized spacial score (nSPS) is 29.9. The van der Waals surface area contributed by atoms with Crippen molar-refractivity contribution in [1.82, 2.24) is 5.32 Å². The highest BCUT2D eigenvalue weighted by atomic mass is 79.9. The SMILES string of the molecule is CNC1CC2CCC(C1)N2c1c(Br)cc(C)cc1Br. The Kier molecular flexibility index (Phi) is 3.93. The van der Waals surface area contributed by atoms with E-state index in [0.29, 0.717) is 18.1 Å². The van der Waals surface area contributed by atoms with Crippen LogP contribution < -0.4 is 10.2 Å². The Balaban J connectivity index is 1.96. The molecular formula is C15H20Br2N2. The van der Waals surface area contributed by atoms with E-state index in [2.05, 4.69) is 68.2 Å². The van der Waals surface area contributed by atoms with Gasteiger partial charge >= 0.3 is 0 Å². The maximum Gasteiger partial charge on any atom is 0.0660 e. The molecule has 1 aromatic rings. The van der Waals surface area contributed by atoms with Crippen molar-refractivity contribution in [2.75, 3.05) is 11.9 Å². The summed E-state index contributed by atoms with van der Waals surface area (Å²) in [4.78, 5) is 2.65. The molecule has 1 aromatic carbocycles. The van der Waals surface area contributed by atoms with Crippen molar-refractivity contribution in [3.05, 3.63) is 26.6 Å². The largest absolute Gasteiger partial charge is 0.364 e. The fraction of sp³-hybridized carbons (Fsp3) is 0.600. The van der Waals surface area contributed by atoms with Gasteiger partial charge in [-0.05, 0) is 89.2 Å². The number of nitrogens with one attached hydrogen (secondary N) is 1. The van der Waals surface area contributed by atoms with Crippen LogP contribution in [0.25, 0.3) is 0 Å². The van der Waals surface area contributed by atoms with E-state index < -0.39 is 0 Å². The molecule has 104 valence electrons. The van der Waals surface area contributed by atoms with Crippen LogP contribution in [0.15, 0.2) is 21.1 Å². The van der Waals surface area contributed by atoms with Crippen LogP contribution in [-0.2, 0) is 0 Å². The first kappa shape index (κ1) is 13.9. The van der Waals surface area contributed by atoms with Gasteiger partial charge in [0.25, 0.3) is 0 Å². The zero-order valence-electron chi connectivity index (χ0n) is 11.4. The molecule has 2 atom stereocenters. The molecule has 2 saturated heterocycles. The Morgan fingerprint density at radius 3 is 2.11 bits per heavy atom. The second kappa shape index (κ2) is 5.38. The molecular weight excluding hydrogens is 368 g/mol. The minimum absolute atomic E-state index is 0.687. The number of hydrogen-bond acceptors (Lipinski definition) is 2. The van der Waals surface area contributed by atoms with Crippen LogP contribution in [0, 0.1) is 6.92 Å². The van der Waals surface area contributed by atoms with Crippen molar-refractivity contribution in [3.63, 3.8) is 0 Å². The summed E-state index contributed by atoms with van der Waals surface area (Å²) >= 11 is 7.52. The molecule has 1 N–H and O–H groups in total. The summed E-state index contributed by atoms with van der Waals surface area (Å²) in [5.41, 5.74) is 2.65. The number of aryl methyl sites for hydroxylation is 1. The lowest BCUT2D eigenvalue weighted by Gasteiger charge is -2.41. The first-order valence-electron chi connectivity index (χ1n) is 7.01. The number of anilines is 1. The Bertz CT molecular complexity index is 452. The number of hydrogen-bond donors (Lipinski definition) is 1. The van der Waals surface area contributed by atoms with Crippen LogP contribution in [0.3, 0.4) is 0 Å². The number of benzene rings is 1. The summed E-state index contributed by atoms with van der Waals surface area (Å²) in [7, 11) is 2.09. The highest BCUT2D eigenvalue weighted by molar-refractivity contribution is 9.11. The van der Waals surface area contributed by atoms with Crippen LogP contribution in [0.5, 0.6) is 0 Å². The van der Waals surface area contributed by atoms with Crippen LogP contribution in [0.4, 0.5) is 5.69 Å². The van der Waals surface area contributed by atoms with Crippen LogP contribution in [-0.4, -0.2) is 25.2 Å². The molecule has 3 rings (SSSR count). The molecule has 2 bridgehead atoms. The number of halogens is 2. The van der Waals surface area contributed by atoms with Crippen LogP contribution >= 0.6 is 31.9 Å². The first-order chi connectivity index (χ1) is 9.10. The first-order valence-corrected chi connectivity index (χ1v) is 8.60. The molecule has 19 heavy (non-hydrogen) atoms. The fourth-order valence-corrected chi connectivity index (χ4v) is 5.54. The van der Waals surface area contributed by atoms with Gasteiger partial charge in [0.15, 0.2) is 0 Å². The van der Waals surface area contributed by atoms with Crippen molar-refractivity contribution in [2.45, 2.75) is 50.7 Å². The molecule has 0 saturated carbocycles. The fourth-order valence-electron chi connectivity index (χ4n) is 3.72. The zero-order valence-corrected chi connectivity index (χ0v) is 14.6. The van der Waals surface area contributed by atoms with E-state index in [1.165, 1.54) is 45.9 Å². The maximum atomic E-state index is 3.76. The molecule has 2 fully saturated rings. The molecule has 0 radical (unpaired) electrons. The Morgan fingerprint density at radius 2 is 1.63 bits per heavy atom. The lowest BCUT2D eigenvalue weighted by atomic mass is 9.96. The topological polar surface area (TPSA) is 15.3 Å². The van der Waals surface area contributed by atoms with Gasteiger partial charge in [-0.25, -0.2) is 0 Å². The highest BCUT2D eigenvalue weighted by Gasteiger charge is 2.41. The van der Waals surface area contributed by atoms with E-state index in [9.17, 15) is 0 Å². The van der Waals surface area contributed by atoms with Crippen LogP contribution in [0.2, 0.25) is 0 Å². The molecule has 0 aromatic heterocycles. The average Bonchev–Trinajstić information content (AvgIpc) is 2.60. The predicted molar refractivity (Wildman–Crippen MR) is 87.9 cm³/mol. The number of piperidine rings is 1. The number of fused-ring (bicyclic) bond motifs is 2. The zero-order chi connectivity index (χ0) is 13.6. The van der Waals surface area contributed by atoms with Gasteiger partial charge in [0.05, 0.1) is 5.69 Å². The molecule has 2 aliphatic rings. The third-order valence-corrected chi connectivity index (χ3v) is 5.77. The lowest BCUT2D eigenvalue weighted by molar-refractivity contribution is 0.373. The van der Waals surface area contributed by atoms with E-state index in [1.807, 2.05) is 0 Å². The van der Waals surface area contributed by atoms with Gasteiger partial charge in [0.2, 0.25) is 0 Å². The van der Waals surface area contributed by atoms with Gasteiger partial charge in [-0.15, -0.1) is 0 Å². The Labute approximate surface area is 132 Å². The standard InChI is InChI=1S/C15H20Br2N2/c1-9-5-13(16)15(14(17)6-9)19-11-3-4-12(19)8-10(7-11)18-2/h5-6,10-12,18H,3-4,7-8H2,1-2H3. The summed E-state index contributed by atoms with van der Waals surface area (Å²) in [5, 5.41) is 3.46. The average molecular weight is 388 g/mol. The van der Waals surface area contributed by atoms with Crippen molar-refractivity contribution >= 4 is 37.5 Å². The van der Waals surface area contributed by atoms with E-state index >= 15 is 0 Å². The van der Waals surface area contributed by atoms with Gasteiger partial charge in [-0.2, -0.15) is 0 Å². The second-order valence-corrected chi connectivity index (χ2v) is 7.54. The highest BCUT2D eigenvalue weighted by Crippen LogP contribution is 2.45. The number of rotatable bonds is 2. The van der Waals surface area contributed by atoms with Crippen molar-refractivity contribution in [1.29, 1.82) is 0 Å². The lowest BCUT2D eigenvalue weighted by Crippen LogP contribution is -2.48. The second-order valence-electron chi connectivity index (χ2n) is 5.83. The molecule has 0 aliphatic carbocycles. The van der Waals surface area contributed by atoms with Gasteiger partial charge in [-0.3, -0.25) is 0 Å². The summed E-state index contributed by atoms with van der Waals surface area (Å²) in [5.74, 6) is 0. The summed E-state index contributed by atoms with van der Waals surface area (Å²) in [6, 6.07) is 6.52. The van der Waals surface area contributed by atoms with E-state index in [-0.39, 0.29) is 0 Å². The molecule has 2 unspecified atom stereocenters. The smallest absolute Gasteiger partial charge is 0.0660 e. The van der Waals surface area contributed by atoms with E-state index in [4.69, 9.17) is 0 Å². The molecule has 2 heterocycles. The van der Waals surface area contributed by atoms with Crippen molar-refractivity contribution in [2.24, 2.45) is 0 Å². The quantitative estimate of drug-likeness (QED) is 0.816. The maximum absolute atomic E-state index is 3.76. The predicted octanol–water partition coefficient (Wildman–Crippen LogP) is 4.24. The van der Waals surface area contributed by atoms with Gasteiger partial charge in [-0.1, -0.05) is 0 Å². The van der Waals surface area contributed by atoms with Gasteiger partial charge in [0, 0.05) is 27.1 Å². The molecule has 4 heteroatoms. The van der Waals surface area contributed by atoms with Gasteiger partial charge < -0.3 is 10.2 Å². The Morgan fingerprint density at radius 1 is 1.11 bits per heavy atom. The number of nitrogens with zero attached hydrogens (tertiary/aromatic N) is 1. The van der Waals surface area contributed by atoms with Crippen molar-refractivity contribution < 1.29 is 0 Å². The summed E-state index contributed by atoms with van der Waals surface area (Å²) in [6.07, 6.45) is 5.19. The van der Waals surface area contributed by atoms with Crippen molar-refractivity contribution in [3.8, 4) is 0 Å². The Hall–Kier alpha value is -0.0600. The minimum atomic E-state index is 0.687. The molecule has 2 nitrogen and oxygen atoms in total. The monoisotopic (exact) mass is 386 g/mol. The van der Waals surface area contributed by atoms with Gasteiger partial charge in [0.1, 0.15) is 0 Å². The third-order valence-electron chi connectivity index (χ3n) is 4.56. The minimum Gasteiger partial charge on any atom is -0.364 e. The van der Waals surface area contributed by atoms with E-state index in [1.54, 1.807) is 0 Å². The van der Waals surface area contributed by atoms with E-state index in [0.717, 1.165) is 0 Å². The van der Waals surface area contributed by atoms with Crippen LogP contribution in [0.1, 0.15) is 31.2 Å². The summed E-state index contributed by atoms with van der Waals surface area (Å²) < 4.78 is 2.44. The molecule has 2 aliphatic heterocycles. The molecule has 0 amide bonds. The molecule has 0 spiro atoms.